The van der Waals surface area contributed by atoms with E-state index in [9.17, 15) is 9.59 Å². The first kappa shape index (κ1) is 16.3. The summed E-state index contributed by atoms with van der Waals surface area (Å²) in [7, 11) is 0. The zero-order valence-corrected chi connectivity index (χ0v) is 13.5. The molecule has 2 aliphatic rings. The summed E-state index contributed by atoms with van der Waals surface area (Å²) in [6, 6.07) is 0.457. The molecule has 0 aromatic heterocycles. The summed E-state index contributed by atoms with van der Waals surface area (Å²) in [5.41, 5.74) is 0. The van der Waals surface area contributed by atoms with Gasteiger partial charge in [-0.25, -0.2) is 0 Å². The number of nitrogens with one attached hydrogen (secondary N) is 2. The molecule has 0 saturated heterocycles. The summed E-state index contributed by atoms with van der Waals surface area (Å²) in [4.78, 5) is 26.8. The van der Waals surface area contributed by atoms with E-state index in [0.29, 0.717) is 19.0 Å². The van der Waals surface area contributed by atoms with Crippen molar-refractivity contribution in [3.05, 3.63) is 0 Å². The van der Waals surface area contributed by atoms with E-state index in [1.807, 2.05) is 0 Å². The maximum atomic E-state index is 11.9. The Balaban J connectivity index is 1.75. The number of carbonyl (C=O) groups is 2. The van der Waals surface area contributed by atoms with Gasteiger partial charge in [-0.3, -0.25) is 9.59 Å². The van der Waals surface area contributed by atoms with E-state index in [2.05, 4.69) is 15.6 Å². The van der Waals surface area contributed by atoms with Crippen molar-refractivity contribution in [1.82, 2.24) is 10.6 Å². The molecule has 2 rings (SSSR count). The van der Waals surface area contributed by atoms with Crippen molar-refractivity contribution in [2.24, 2.45) is 4.99 Å². The third-order valence-corrected chi connectivity index (χ3v) is 5.11. The van der Waals surface area contributed by atoms with Crippen molar-refractivity contribution in [1.29, 1.82) is 0 Å². The molecule has 118 valence electrons. The zero-order chi connectivity index (χ0) is 15.1. The van der Waals surface area contributed by atoms with Crippen LogP contribution < -0.4 is 10.6 Å². The number of amides is 2. The van der Waals surface area contributed by atoms with Crippen molar-refractivity contribution in [2.75, 3.05) is 6.54 Å². The highest BCUT2D eigenvalue weighted by Gasteiger charge is 2.29. The Bertz CT molecular complexity index is 404. The lowest BCUT2D eigenvalue weighted by molar-refractivity contribution is -0.120. The Morgan fingerprint density at radius 3 is 2.57 bits per heavy atom. The average Bonchev–Trinajstić information content (AvgIpc) is 2.73. The topological polar surface area (TPSA) is 70.6 Å². The van der Waals surface area contributed by atoms with E-state index in [1.54, 1.807) is 0 Å². The van der Waals surface area contributed by atoms with Crippen molar-refractivity contribution in [3.8, 4) is 0 Å². The SMILES string of the molecule is CC(=O)NCCC1SC(NC2CCCCCCC2)=NC1=O. The highest BCUT2D eigenvalue weighted by atomic mass is 32.2. The van der Waals surface area contributed by atoms with Crippen LogP contribution in [0.3, 0.4) is 0 Å². The zero-order valence-electron chi connectivity index (χ0n) is 12.7. The Morgan fingerprint density at radius 2 is 1.90 bits per heavy atom. The summed E-state index contributed by atoms with van der Waals surface area (Å²) >= 11 is 1.51. The predicted molar refractivity (Wildman–Crippen MR) is 86.4 cm³/mol. The van der Waals surface area contributed by atoms with Gasteiger partial charge in [-0.2, -0.15) is 4.99 Å². The van der Waals surface area contributed by atoms with Gasteiger partial charge in [-0.15, -0.1) is 0 Å². The molecule has 1 saturated carbocycles. The maximum absolute atomic E-state index is 11.9. The Labute approximate surface area is 130 Å². The van der Waals surface area contributed by atoms with Gasteiger partial charge in [0.15, 0.2) is 5.17 Å². The number of nitrogens with zero attached hydrogens (tertiary/aromatic N) is 1. The lowest BCUT2D eigenvalue weighted by atomic mass is 9.97. The van der Waals surface area contributed by atoms with Crippen LogP contribution in [0.15, 0.2) is 4.99 Å². The molecule has 0 spiro atoms. The normalized spacial score (nSPS) is 24.1. The second kappa shape index (κ2) is 8.41. The van der Waals surface area contributed by atoms with Gasteiger partial charge in [0.2, 0.25) is 5.91 Å². The number of hydrogen-bond donors (Lipinski definition) is 2. The molecule has 5 nitrogen and oxygen atoms in total. The van der Waals surface area contributed by atoms with E-state index < -0.39 is 0 Å². The summed E-state index contributed by atoms with van der Waals surface area (Å²) in [6.07, 6.45) is 9.49. The molecular formula is C15H25N3O2S. The second-order valence-corrected chi connectivity index (χ2v) is 7.01. The first-order valence-electron chi connectivity index (χ1n) is 7.95. The van der Waals surface area contributed by atoms with Gasteiger partial charge in [0.25, 0.3) is 5.91 Å². The molecule has 1 aliphatic carbocycles. The summed E-state index contributed by atoms with van der Waals surface area (Å²) < 4.78 is 0. The van der Waals surface area contributed by atoms with Gasteiger partial charge in [-0.1, -0.05) is 43.9 Å². The molecule has 1 aliphatic heterocycles. The van der Waals surface area contributed by atoms with Crippen molar-refractivity contribution < 1.29 is 9.59 Å². The smallest absolute Gasteiger partial charge is 0.261 e. The maximum Gasteiger partial charge on any atom is 0.261 e. The minimum absolute atomic E-state index is 0.0563. The molecule has 1 heterocycles. The van der Waals surface area contributed by atoms with Crippen molar-refractivity contribution >= 4 is 28.7 Å². The fraction of sp³-hybridized carbons (Fsp3) is 0.800. The lowest BCUT2D eigenvalue weighted by Gasteiger charge is -2.21. The van der Waals surface area contributed by atoms with E-state index in [0.717, 1.165) is 5.17 Å². The number of aliphatic imine (C=N–C) groups is 1. The lowest BCUT2D eigenvalue weighted by Crippen LogP contribution is -2.33. The van der Waals surface area contributed by atoms with E-state index in [1.165, 1.54) is 63.6 Å². The summed E-state index contributed by atoms with van der Waals surface area (Å²) in [5.74, 6) is -0.127. The van der Waals surface area contributed by atoms with Gasteiger partial charge >= 0.3 is 0 Å². The van der Waals surface area contributed by atoms with Crippen molar-refractivity contribution in [3.63, 3.8) is 0 Å². The highest BCUT2D eigenvalue weighted by molar-refractivity contribution is 8.15. The first-order valence-corrected chi connectivity index (χ1v) is 8.83. The summed E-state index contributed by atoms with van der Waals surface area (Å²) in [6.45, 7) is 2.02. The molecule has 0 radical (unpaired) electrons. The van der Waals surface area contributed by atoms with Crippen molar-refractivity contribution in [2.45, 2.75) is 69.6 Å². The van der Waals surface area contributed by atoms with Gasteiger partial charge in [0, 0.05) is 19.5 Å². The number of hydrogen-bond acceptors (Lipinski definition) is 4. The van der Waals surface area contributed by atoms with E-state index in [4.69, 9.17) is 0 Å². The quantitative estimate of drug-likeness (QED) is 0.835. The van der Waals surface area contributed by atoms with Gasteiger partial charge in [0.05, 0.1) is 5.25 Å². The molecule has 1 atom stereocenters. The minimum atomic E-state index is -0.145. The van der Waals surface area contributed by atoms with Crippen LogP contribution in [0.4, 0.5) is 0 Å². The fourth-order valence-corrected chi connectivity index (χ4v) is 3.82. The fourth-order valence-electron chi connectivity index (χ4n) is 2.79. The van der Waals surface area contributed by atoms with Gasteiger partial charge < -0.3 is 10.6 Å². The van der Waals surface area contributed by atoms with Crippen LogP contribution in [-0.4, -0.2) is 34.8 Å². The van der Waals surface area contributed by atoms with Crippen LogP contribution in [0.25, 0.3) is 0 Å². The standard InChI is InChI=1S/C15H25N3O2S/c1-11(19)16-10-9-13-14(20)18-15(21-13)17-12-7-5-3-2-4-6-8-12/h12-13H,2-10H2,1H3,(H,16,19)(H,17,18,20). The van der Waals surface area contributed by atoms with Crippen LogP contribution >= 0.6 is 11.8 Å². The molecule has 1 fully saturated rings. The van der Waals surface area contributed by atoms with Crippen LogP contribution in [-0.2, 0) is 9.59 Å². The van der Waals surface area contributed by atoms with Crippen LogP contribution in [0.5, 0.6) is 0 Å². The largest absolute Gasteiger partial charge is 0.362 e. The van der Waals surface area contributed by atoms with Gasteiger partial charge in [-0.05, 0) is 19.3 Å². The highest BCUT2D eigenvalue weighted by Crippen LogP contribution is 2.25. The number of thioether (sulfide) groups is 1. The summed E-state index contributed by atoms with van der Waals surface area (Å²) in [5, 5.41) is 6.81. The molecule has 2 amide bonds. The Kier molecular flexibility index (Phi) is 6.54. The van der Waals surface area contributed by atoms with E-state index in [-0.39, 0.29) is 17.1 Å². The third-order valence-electron chi connectivity index (χ3n) is 3.95. The second-order valence-electron chi connectivity index (χ2n) is 5.82. The molecule has 21 heavy (non-hydrogen) atoms. The Morgan fingerprint density at radius 1 is 1.24 bits per heavy atom. The number of carbonyl (C=O) groups excluding carboxylic acids is 2. The molecule has 0 bridgehead atoms. The van der Waals surface area contributed by atoms with Crippen LogP contribution in [0.2, 0.25) is 0 Å². The molecule has 0 aromatic rings. The molecule has 2 N–H and O–H groups in total. The van der Waals surface area contributed by atoms with Crippen LogP contribution in [0, 0.1) is 0 Å². The third kappa shape index (κ3) is 5.69. The van der Waals surface area contributed by atoms with Gasteiger partial charge in [0.1, 0.15) is 0 Å². The first-order chi connectivity index (χ1) is 10.1. The predicted octanol–water partition coefficient (Wildman–Crippen LogP) is 2.21. The monoisotopic (exact) mass is 311 g/mol. The molecule has 6 heteroatoms. The molecular weight excluding hydrogens is 286 g/mol. The molecule has 0 aromatic carbocycles. The number of rotatable bonds is 4. The number of amidine groups is 1. The van der Waals surface area contributed by atoms with E-state index >= 15 is 0 Å². The average molecular weight is 311 g/mol. The molecule has 1 unspecified atom stereocenters. The van der Waals surface area contributed by atoms with Crippen LogP contribution in [0.1, 0.15) is 58.3 Å². The minimum Gasteiger partial charge on any atom is -0.362 e. The Hall–Kier alpha value is -1.04.